The van der Waals surface area contributed by atoms with Gasteiger partial charge in [0.15, 0.2) is 0 Å². The normalized spacial score (nSPS) is 45.0. The number of fused-ring (bicyclic) bond motifs is 2. The first kappa shape index (κ1) is 4.84. The van der Waals surface area contributed by atoms with Gasteiger partial charge < -0.3 is 0 Å². The molecule has 0 aromatic rings. The summed E-state index contributed by atoms with van der Waals surface area (Å²) in [5.74, 6) is 2.32. The summed E-state index contributed by atoms with van der Waals surface area (Å²) in [7, 11) is 0. The molecule has 2 bridgehead atoms. The predicted octanol–water partition coefficient (Wildman–Crippen LogP) is 2.59. The van der Waals surface area contributed by atoms with Crippen molar-refractivity contribution in [2.75, 3.05) is 0 Å². The van der Waals surface area contributed by atoms with E-state index in [9.17, 15) is 0 Å². The molecule has 0 saturated heterocycles. The molecule has 0 radical (unpaired) electrons. The Balaban J connectivity index is 2.03. The lowest BCUT2D eigenvalue weighted by Crippen LogP contribution is -2.03. The minimum Gasteiger partial charge on any atom is -0.0528 e. The zero-order chi connectivity index (χ0) is 5.40. The van der Waals surface area contributed by atoms with Crippen LogP contribution in [0, 0.1) is 11.8 Å². The lowest BCUT2D eigenvalue weighted by atomic mass is 9.89. The van der Waals surface area contributed by atoms with Crippen molar-refractivity contribution in [3.63, 3.8) is 0 Å². The number of hydrogen-bond acceptors (Lipinski definition) is 0. The Morgan fingerprint density at radius 3 is 1.88 bits per heavy atom. The van der Waals surface area contributed by atoms with Gasteiger partial charge in [-0.1, -0.05) is 32.1 Å². The Morgan fingerprint density at radius 2 is 1.38 bits per heavy atom. The molecule has 2 aliphatic rings. The number of rotatable bonds is 0. The minimum atomic E-state index is 1.16. The molecule has 2 rings (SSSR count). The van der Waals surface area contributed by atoms with Gasteiger partial charge in [0, 0.05) is 0 Å². The molecule has 0 aliphatic heterocycles. The molecule has 0 aromatic carbocycles. The van der Waals surface area contributed by atoms with Crippen LogP contribution in [0.4, 0.5) is 0 Å². The second kappa shape index (κ2) is 1.75. The third kappa shape index (κ3) is 0.667. The standard InChI is InChI=1S/C8H14/c1-2-7-4-5-8(3-1)6-7/h7-8H,1-6H2/t7-,8-/m0/s1. The van der Waals surface area contributed by atoms with Crippen LogP contribution in [-0.4, -0.2) is 0 Å². The van der Waals surface area contributed by atoms with Crippen molar-refractivity contribution >= 4 is 0 Å². The molecule has 2 fully saturated rings. The van der Waals surface area contributed by atoms with Gasteiger partial charge in [-0.2, -0.15) is 0 Å². The van der Waals surface area contributed by atoms with Crippen molar-refractivity contribution in [2.45, 2.75) is 38.5 Å². The molecule has 0 N–H and O–H groups in total. The molecule has 2 saturated carbocycles. The predicted molar refractivity (Wildman–Crippen MR) is 34.7 cm³/mol. The van der Waals surface area contributed by atoms with Crippen LogP contribution < -0.4 is 0 Å². The third-order valence-electron chi connectivity index (χ3n) is 2.87. The van der Waals surface area contributed by atoms with Crippen LogP contribution in [0.5, 0.6) is 0 Å². The molecule has 0 spiro atoms. The van der Waals surface area contributed by atoms with E-state index in [1.54, 1.807) is 32.1 Å². The van der Waals surface area contributed by atoms with E-state index in [-0.39, 0.29) is 0 Å². The van der Waals surface area contributed by atoms with Crippen LogP contribution in [-0.2, 0) is 0 Å². The maximum Gasteiger partial charge on any atom is -0.0412 e. The average molecular weight is 110 g/mol. The first-order valence-electron chi connectivity index (χ1n) is 3.95. The molecule has 0 heteroatoms. The van der Waals surface area contributed by atoms with Crippen molar-refractivity contribution in [1.82, 2.24) is 0 Å². The van der Waals surface area contributed by atoms with Crippen molar-refractivity contribution in [1.29, 1.82) is 0 Å². The van der Waals surface area contributed by atoms with Crippen molar-refractivity contribution in [3.8, 4) is 0 Å². The lowest BCUT2D eigenvalue weighted by Gasteiger charge is -2.16. The maximum atomic E-state index is 1.58. The Morgan fingerprint density at radius 1 is 0.750 bits per heavy atom. The highest BCUT2D eigenvalue weighted by Gasteiger charge is 2.27. The van der Waals surface area contributed by atoms with Gasteiger partial charge in [-0.05, 0) is 18.3 Å². The topological polar surface area (TPSA) is 0 Å². The van der Waals surface area contributed by atoms with Gasteiger partial charge in [0.2, 0.25) is 0 Å². The third-order valence-corrected chi connectivity index (χ3v) is 2.87. The van der Waals surface area contributed by atoms with E-state index in [1.165, 1.54) is 6.42 Å². The van der Waals surface area contributed by atoms with Crippen LogP contribution in [0.1, 0.15) is 38.5 Å². The van der Waals surface area contributed by atoms with Crippen molar-refractivity contribution < 1.29 is 0 Å². The zero-order valence-electron chi connectivity index (χ0n) is 5.40. The Bertz CT molecular complexity index is 72.0. The summed E-state index contributed by atoms with van der Waals surface area (Å²) in [5.41, 5.74) is 0. The fourth-order valence-corrected chi connectivity index (χ4v) is 2.40. The number of hydrogen-bond donors (Lipinski definition) is 0. The van der Waals surface area contributed by atoms with E-state index in [0.717, 1.165) is 11.8 Å². The van der Waals surface area contributed by atoms with E-state index < -0.39 is 0 Å². The summed E-state index contributed by atoms with van der Waals surface area (Å²) in [6, 6.07) is 0. The molecule has 0 amide bonds. The van der Waals surface area contributed by atoms with Gasteiger partial charge >= 0.3 is 0 Å². The van der Waals surface area contributed by atoms with Crippen LogP contribution in [0.3, 0.4) is 0 Å². The van der Waals surface area contributed by atoms with E-state index in [0.29, 0.717) is 0 Å². The molecule has 2 aliphatic carbocycles. The summed E-state index contributed by atoms with van der Waals surface area (Å²) in [5, 5.41) is 0. The second-order valence-electron chi connectivity index (χ2n) is 3.48. The Hall–Kier alpha value is 0. The molecule has 0 aromatic heterocycles. The van der Waals surface area contributed by atoms with Crippen molar-refractivity contribution in [3.05, 3.63) is 0 Å². The van der Waals surface area contributed by atoms with E-state index >= 15 is 0 Å². The lowest BCUT2D eigenvalue weighted by molar-refractivity contribution is 0.359. The fourth-order valence-electron chi connectivity index (χ4n) is 2.40. The van der Waals surface area contributed by atoms with Crippen LogP contribution >= 0.6 is 0 Å². The highest BCUT2D eigenvalue weighted by atomic mass is 14.3. The summed E-state index contributed by atoms with van der Waals surface area (Å²) in [6.07, 6.45) is 9.34. The molecular weight excluding hydrogens is 96.1 g/mol. The highest BCUT2D eigenvalue weighted by Crippen LogP contribution is 2.41. The molecule has 0 unspecified atom stereocenters. The van der Waals surface area contributed by atoms with Gasteiger partial charge in [0.25, 0.3) is 0 Å². The van der Waals surface area contributed by atoms with Gasteiger partial charge in [0.1, 0.15) is 0 Å². The smallest absolute Gasteiger partial charge is 0.0412 e. The van der Waals surface area contributed by atoms with E-state index in [4.69, 9.17) is 0 Å². The molecule has 0 heterocycles. The molecule has 0 nitrogen and oxygen atoms in total. The summed E-state index contributed by atoms with van der Waals surface area (Å²) in [6.45, 7) is 0. The summed E-state index contributed by atoms with van der Waals surface area (Å²) in [4.78, 5) is 0. The molecule has 46 valence electrons. The van der Waals surface area contributed by atoms with Crippen LogP contribution in [0.2, 0.25) is 0 Å². The zero-order valence-corrected chi connectivity index (χ0v) is 5.40. The second-order valence-corrected chi connectivity index (χ2v) is 3.48. The van der Waals surface area contributed by atoms with E-state index in [1.807, 2.05) is 0 Å². The summed E-state index contributed by atoms with van der Waals surface area (Å²) < 4.78 is 0. The Kier molecular flexibility index (Phi) is 1.06. The van der Waals surface area contributed by atoms with Crippen molar-refractivity contribution in [2.24, 2.45) is 11.8 Å². The van der Waals surface area contributed by atoms with Crippen LogP contribution in [0.15, 0.2) is 0 Å². The SMILES string of the molecule is C1C[C@H]2CC[C@H](C1)C2. The average Bonchev–Trinajstić information content (AvgIpc) is 2.12. The fraction of sp³-hybridized carbons (Fsp3) is 1.00. The van der Waals surface area contributed by atoms with Gasteiger partial charge in [-0.15, -0.1) is 0 Å². The molecular formula is C8H14. The van der Waals surface area contributed by atoms with E-state index in [2.05, 4.69) is 0 Å². The first-order valence-corrected chi connectivity index (χ1v) is 3.95. The molecule has 2 atom stereocenters. The largest absolute Gasteiger partial charge is 0.0528 e. The monoisotopic (exact) mass is 110 g/mol. The summed E-state index contributed by atoms with van der Waals surface area (Å²) >= 11 is 0. The van der Waals surface area contributed by atoms with Gasteiger partial charge in [-0.25, -0.2) is 0 Å². The maximum absolute atomic E-state index is 1.58. The van der Waals surface area contributed by atoms with Crippen LogP contribution in [0.25, 0.3) is 0 Å². The van der Waals surface area contributed by atoms with Gasteiger partial charge in [-0.3, -0.25) is 0 Å². The first-order chi connectivity index (χ1) is 3.95. The molecule has 8 heavy (non-hydrogen) atoms. The van der Waals surface area contributed by atoms with Gasteiger partial charge in [0.05, 0.1) is 0 Å². The minimum absolute atomic E-state index is 1.16. The highest BCUT2D eigenvalue weighted by molar-refractivity contribution is 4.80. The quantitative estimate of drug-likeness (QED) is 0.449. The Labute approximate surface area is 51.3 Å².